The van der Waals surface area contributed by atoms with Gasteiger partial charge in [0, 0.05) is 10.6 Å². The SMILES string of the molecule is O=C(O)[C@@H]1CS[C@@H](c2ccc(Cl)s2)N1. The third kappa shape index (κ3) is 2.06. The van der Waals surface area contributed by atoms with Crippen LogP contribution in [0, 0.1) is 0 Å². The summed E-state index contributed by atoms with van der Waals surface area (Å²) in [7, 11) is 0. The van der Waals surface area contributed by atoms with Gasteiger partial charge in [0.2, 0.25) is 0 Å². The summed E-state index contributed by atoms with van der Waals surface area (Å²) >= 11 is 8.90. The molecule has 2 heterocycles. The number of halogens is 1. The van der Waals surface area contributed by atoms with Gasteiger partial charge in [-0.3, -0.25) is 10.1 Å². The maximum absolute atomic E-state index is 10.7. The first-order valence-corrected chi connectivity index (χ1v) is 6.27. The molecule has 2 rings (SSSR count). The highest BCUT2D eigenvalue weighted by Gasteiger charge is 2.30. The standard InChI is InChI=1S/C8H8ClNO2S2/c9-6-2-1-5(14-6)7-10-4(3-13-7)8(11)12/h1-2,4,7,10H,3H2,(H,11,12)/t4-,7-/m0/s1. The van der Waals surface area contributed by atoms with E-state index in [-0.39, 0.29) is 5.37 Å². The molecule has 1 aromatic heterocycles. The number of carboxylic acid groups (broad SMARTS) is 1. The highest BCUT2D eigenvalue weighted by Crippen LogP contribution is 2.37. The van der Waals surface area contributed by atoms with Crippen molar-refractivity contribution in [2.45, 2.75) is 11.4 Å². The van der Waals surface area contributed by atoms with E-state index >= 15 is 0 Å². The molecule has 0 aliphatic carbocycles. The molecule has 0 spiro atoms. The molecule has 0 radical (unpaired) electrons. The Morgan fingerprint density at radius 2 is 2.43 bits per heavy atom. The van der Waals surface area contributed by atoms with Crippen molar-refractivity contribution in [3.05, 3.63) is 21.3 Å². The van der Waals surface area contributed by atoms with Gasteiger partial charge in [-0.25, -0.2) is 0 Å². The van der Waals surface area contributed by atoms with E-state index in [0.29, 0.717) is 5.75 Å². The lowest BCUT2D eigenvalue weighted by molar-refractivity contribution is -0.138. The summed E-state index contributed by atoms with van der Waals surface area (Å²) in [6, 6.07) is 3.32. The van der Waals surface area contributed by atoms with Gasteiger partial charge < -0.3 is 5.11 Å². The number of rotatable bonds is 2. The topological polar surface area (TPSA) is 49.3 Å². The van der Waals surface area contributed by atoms with Crippen molar-refractivity contribution in [2.75, 3.05) is 5.75 Å². The fourth-order valence-corrected chi connectivity index (χ4v) is 3.73. The molecule has 2 N–H and O–H groups in total. The molecule has 3 nitrogen and oxygen atoms in total. The lowest BCUT2D eigenvalue weighted by atomic mass is 10.3. The van der Waals surface area contributed by atoms with E-state index in [9.17, 15) is 4.79 Å². The molecule has 0 amide bonds. The minimum Gasteiger partial charge on any atom is -0.480 e. The Morgan fingerprint density at radius 1 is 1.64 bits per heavy atom. The van der Waals surface area contributed by atoms with E-state index < -0.39 is 12.0 Å². The second-order valence-electron chi connectivity index (χ2n) is 2.91. The van der Waals surface area contributed by atoms with Gasteiger partial charge in [0.15, 0.2) is 0 Å². The van der Waals surface area contributed by atoms with Crippen LogP contribution in [-0.4, -0.2) is 22.9 Å². The molecule has 0 aromatic carbocycles. The number of carbonyl (C=O) groups is 1. The van der Waals surface area contributed by atoms with E-state index in [0.717, 1.165) is 9.21 Å². The Kier molecular flexibility index (Phi) is 3.02. The third-order valence-electron chi connectivity index (χ3n) is 1.93. The maximum atomic E-state index is 10.7. The molecule has 1 saturated heterocycles. The number of nitrogens with one attached hydrogen (secondary N) is 1. The zero-order valence-electron chi connectivity index (χ0n) is 7.07. The summed E-state index contributed by atoms with van der Waals surface area (Å²) < 4.78 is 0.737. The zero-order chi connectivity index (χ0) is 10.1. The molecule has 1 aliphatic rings. The Morgan fingerprint density at radius 3 is 2.93 bits per heavy atom. The van der Waals surface area contributed by atoms with E-state index in [4.69, 9.17) is 16.7 Å². The monoisotopic (exact) mass is 249 g/mol. The average Bonchev–Trinajstić information content (AvgIpc) is 2.70. The Hall–Kier alpha value is -0.230. The van der Waals surface area contributed by atoms with Crippen LogP contribution in [0.3, 0.4) is 0 Å². The number of aliphatic carboxylic acids is 1. The van der Waals surface area contributed by atoms with Gasteiger partial charge in [-0.1, -0.05) is 11.6 Å². The van der Waals surface area contributed by atoms with Crippen LogP contribution in [0.4, 0.5) is 0 Å². The normalized spacial score (nSPS) is 26.6. The summed E-state index contributed by atoms with van der Waals surface area (Å²) in [5.41, 5.74) is 0. The van der Waals surface area contributed by atoms with E-state index in [1.807, 2.05) is 12.1 Å². The Labute approximate surface area is 94.5 Å². The fourth-order valence-electron chi connectivity index (χ4n) is 1.25. The van der Waals surface area contributed by atoms with Gasteiger partial charge in [0.25, 0.3) is 0 Å². The van der Waals surface area contributed by atoms with E-state index in [1.165, 1.54) is 11.3 Å². The highest BCUT2D eigenvalue weighted by atomic mass is 35.5. The summed E-state index contributed by atoms with van der Waals surface area (Å²) in [6.45, 7) is 0. The second kappa shape index (κ2) is 4.10. The summed E-state index contributed by atoms with van der Waals surface area (Å²) in [6.07, 6.45) is 0. The van der Waals surface area contributed by atoms with Crippen LogP contribution in [0.15, 0.2) is 12.1 Å². The van der Waals surface area contributed by atoms with Crippen LogP contribution in [0.25, 0.3) is 0 Å². The molecule has 76 valence electrons. The van der Waals surface area contributed by atoms with Gasteiger partial charge >= 0.3 is 5.97 Å². The van der Waals surface area contributed by atoms with Crippen molar-refractivity contribution in [3.63, 3.8) is 0 Å². The van der Waals surface area contributed by atoms with Crippen molar-refractivity contribution >= 4 is 40.7 Å². The molecular formula is C8H8ClNO2S2. The second-order valence-corrected chi connectivity index (χ2v) is 5.80. The van der Waals surface area contributed by atoms with E-state index in [2.05, 4.69) is 5.32 Å². The first kappa shape index (κ1) is 10.3. The van der Waals surface area contributed by atoms with Gasteiger partial charge in [-0.15, -0.1) is 23.1 Å². The van der Waals surface area contributed by atoms with Crippen LogP contribution in [0.5, 0.6) is 0 Å². The molecule has 14 heavy (non-hydrogen) atoms. The van der Waals surface area contributed by atoms with Gasteiger partial charge in [-0.05, 0) is 12.1 Å². The minimum absolute atomic E-state index is 0.0774. The van der Waals surface area contributed by atoms with E-state index in [1.54, 1.807) is 11.8 Å². The first-order valence-electron chi connectivity index (χ1n) is 4.02. The number of hydrogen-bond acceptors (Lipinski definition) is 4. The molecule has 0 bridgehead atoms. The average molecular weight is 250 g/mol. The van der Waals surface area contributed by atoms with Crippen LogP contribution < -0.4 is 5.32 Å². The maximum Gasteiger partial charge on any atom is 0.321 e. The quantitative estimate of drug-likeness (QED) is 0.844. The van der Waals surface area contributed by atoms with Gasteiger partial charge in [-0.2, -0.15) is 0 Å². The summed E-state index contributed by atoms with van der Waals surface area (Å²) in [5.74, 6) is -0.183. The fraction of sp³-hybridized carbons (Fsp3) is 0.375. The van der Waals surface area contributed by atoms with Crippen LogP contribution in [-0.2, 0) is 4.79 Å². The lowest BCUT2D eigenvalue weighted by Crippen LogP contribution is -2.33. The van der Waals surface area contributed by atoms with Crippen molar-refractivity contribution in [1.29, 1.82) is 0 Å². The predicted molar refractivity (Wildman–Crippen MR) is 59.1 cm³/mol. The number of hydrogen-bond donors (Lipinski definition) is 2. The predicted octanol–water partition coefficient (Wildman–Crippen LogP) is 2.19. The molecule has 1 aliphatic heterocycles. The van der Waals surface area contributed by atoms with Gasteiger partial charge in [0.05, 0.1) is 9.71 Å². The molecular weight excluding hydrogens is 242 g/mol. The Balaban J connectivity index is 2.05. The molecule has 1 fully saturated rings. The number of carboxylic acids is 1. The smallest absolute Gasteiger partial charge is 0.321 e. The Bertz CT molecular complexity index is 355. The molecule has 1 aromatic rings. The van der Waals surface area contributed by atoms with Gasteiger partial charge in [0.1, 0.15) is 6.04 Å². The summed E-state index contributed by atoms with van der Waals surface area (Å²) in [4.78, 5) is 11.8. The molecule has 0 saturated carbocycles. The third-order valence-corrected chi connectivity index (χ3v) is 4.63. The highest BCUT2D eigenvalue weighted by molar-refractivity contribution is 7.99. The zero-order valence-corrected chi connectivity index (χ0v) is 9.46. The number of thioether (sulfide) groups is 1. The lowest BCUT2D eigenvalue weighted by Gasteiger charge is -2.07. The van der Waals surface area contributed by atoms with Crippen LogP contribution >= 0.6 is 34.7 Å². The van der Waals surface area contributed by atoms with Crippen LogP contribution in [0.2, 0.25) is 4.34 Å². The van der Waals surface area contributed by atoms with Crippen molar-refractivity contribution in [2.24, 2.45) is 0 Å². The van der Waals surface area contributed by atoms with Crippen LogP contribution in [0.1, 0.15) is 10.3 Å². The van der Waals surface area contributed by atoms with Crippen molar-refractivity contribution < 1.29 is 9.90 Å². The van der Waals surface area contributed by atoms with Crippen molar-refractivity contribution in [1.82, 2.24) is 5.32 Å². The summed E-state index contributed by atoms with van der Waals surface area (Å²) in [5, 5.41) is 11.9. The molecule has 6 heteroatoms. The first-order chi connectivity index (χ1) is 6.66. The minimum atomic E-state index is -0.789. The van der Waals surface area contributed by atoms with Crippen molar-refractivity contribution in [3.8, 4) is 0 Å². The number of thiophene rings is 1. The largest absolute Gasteiger partial charge is 0.480 e. The molecule has 2 atom stereocenters. The molecule has 0 unspecified atom stereocenters.